The Hall–Kier alpha value is -1.78. The van der Waals surface area contributed by atoms with Crippen LogP contribution in [0.15, 0.2) is 58.3 Å². The first-order valence-electron chi connectivity index (χ1n) is 9.03. The largest absolute Gasteiger partial charge is 0.379 e. The Morgan fingerprint density at radius 3 is 2.18 bits per heavy atom. The molecule has 1 saturated heterocycles. The Bertz CT molecular complexity index is 1010. The number of rotatable bonds is 7. The maximum Gasteiger partial charge on any atom is 0.243 e. The SMILES string of the molecule is Cc1ccccc1CCNS(=O)(=O)c1ccc(S(=O)(=O)N2CCOCC2)cc1. The molecule has 1 heterocycles. The van der Waals surface area contributed by atoms with Gasteiger partial charge in [-0.25, -0.2) is 21.6 Å². The summed E-state index contributed by atoms with van der Waals surface area (Å²) in [7, 11) is -7.35. The van der Waals surface area contributed by atoms with Crippen LogP contribution in [-0.4, -0.2) is 54.0 Å². The average molecular weight is 425 g/mol. The highest BCUT2D eigenvalue weighted by Gasteiger charge is 2.26. The van der Waals surface area contributed by atoms with Crippen molar-refractivity contribution in [1.29, 1.82) is 0 Å². The molecule has 0 atom stereocenters. The van der Waals surface area contributed by atoms with Gasteiger partial charge in [0.05, 0.1) is 23.0 Å². The number of aryl methyl sites for hydroxylation is 1. The molecule has 2 aromatic carbocycles. The van der Waals surface area contributed by atoms with Gasteiger partial charge in [-0.2, -0.15) is 4.31 Å². The first kappa shape index (κ1) is 20.9. The summed E-state index contributed by atoms with van der Waals surface area (Å²) in [6.07, 6.45) is 0.579. The average Bonchev–Trinajstić information content (AvgIpc) is 2.70. The highest BCUT2D eigenvalue weighted by atomic mass is 32.2. The quantitative estimate of drug-likeness (QED) is 0.728. The van der Waals surface area contributed by atoms with Crippen molar-refractivity contribution in [2.45, 2.75) is 23.1 Å². The second kappa shape index (κ2) is 8.71. The van der Waals surface area contributed by atoms with E-state index >= 15 is 0 Å². The van der Waals surface area contributed by atoms with Gasteiger partial charge in [0.2, 0.25) is 20.0 Å². The number of hydrogen-bond acceptors (Lipinski definition) is 5. The van der Waals surface area contributed by atoms with E-state index in [-0.39, 0.29) is 16.3 Å². The van der Waals surface area contributed by atoms with E-state index in [0.717, 1.165) is 11.1 Å². The van der Waals surface area contributed by atoms with Crippen LogP contribution in [0.2, 0.25) is 0 Å². The Kier molecular flexibility index (Phi) is 6.51. The first-order chi connectivity index (χ1) is 13.3. The third-order valence-electron chi connectivity index (χ3n) is 4.69. The van der Waals surface area contributed by atoms with Crippen molar-refractivity contribution in [2.75, 3.05) is 32.8 Å². The molecule has 0 spiro atoms. The summed E-state index contributed by atoms with van der Waals surface area (Å²) >= 11 is 0. The summed E-state index contributed by atoms with van der Waals surface area (Å²) in [5.74, 6) is 0. The lowest BCUT2D eigenvalue weighted by molar-refractivity contribution is 0.0730. The van der Waals surface area contributed by atoms with Crippen LogP contribution in [0.3, 0.4) is 0 Å². The summed E-state index contributed by atoms with van der Waals surface area (Å²) in [6, 6.07) is 13.1. The van der Waals surface area contributed by atoms with Crippen LogP contribution < -0.4 is 4.72 Å². The minimum absolute atomic E-state index is 0.0400. The fourth-order valence-electron chi connectivity index (χ4n) is 3.02. The number of nitrogens with zero attached hydrogens (tertiary/aromatic N) is 1. The third-order valence-corrected chi connectivity index (χ3v) is 8.08. The first-order valence-corrected chi connectivity index (χ1v) is 12.0. The minimum atomic E-state index is -3.71. The van der Waals surface area contributed by atoms with E-state index in [4.69, 9.17) is 4.74 Å². The molecule has 152 valence electrons. The Labute approximate surface area is 166 Å². The Morgan fingerprint density at radius 1 is 0.929 bits per heavy atom. The molecule has 3 rings (SSSR count). The van der Waals surface area contributed by atoms with Crippen molar-refractivity contribution in [3.63, 3.8) is 0 Å². The lowest BCUT2D eigenvalue weighted by atomic mass is 10.1. The highest BCUT2D eigenvalue weighted by molar-refractivity contribution is 7.89. The predicted octanol–water partition coefficient (Wildman–Crippen LogP) is 1.54. The Balaban J connectivity index is 1.67. The molecule has 0 aromatic heterocycles. The molecular formula is C19H24N2O5S2. The number of nitrogens with one attached hydrogen (secondary N) is 1. The number of ether oxygens (including phenoxy) is 1. The molecule has 2 aromatic rings. The molecule has 1 aliphatic heterocycles. The van der Waals surface area contributed by atoms with Crippen molar-refractivity contribution in [3.8, 4) is 0 Å². The van der Waals surface area contributed by atoms with Gasteiger partial charge in [-0.3, -0.25) is 0 Å². The molecule has 28 heavy (non-hydrogen) atoms. The van der Waals surface area contributed by atoms with E-state index in [9.17, 15) is 16.8 Å². The monoisotopic (exact) mass is 424 g/mol. The van der Waals surface area contributed by atoms with Crippen LogP contribution in [0.4, 0.5) is 0 Å². The molecule has 0 amide bonds. The molecule has 0 bridgehead atoms. The number of morpholine rings is 1. The van der Waals surface area contributed by atoms with Gasteiger partial charge in [-0.05, 0) is 48.7 Å². The zero-order chi connectivity index (χ0) is 20.2. The molecule has 0 radical (unpaired) electrons. The van der Waals surface area contributed by atoms with Gasteiger partial charge >= 0.3 is 0 Å². The molecule has 0 unspecified atom stereocenters. The number of benzene rings is 2. The van der Waals surface area contributed by atoms with Crippen LogP contribution in [0.25, 0.3) is 0 Å². The summed E-state index contributed by atoms with van der Waals surface area (Å²) in [6.45, 7) is 3.55. The molecule has 1 N–H and O–H groups in total. The third kappa shape index (κ3) is 4.79. The molecule has 1 fully saturated rings. The van der Waals surface area contributed by atoms with Gasteiger partial charge in [0, 0.05) is 19.6 Å². The number of sulfonamides is 2. The standard InChI is InChI=1S/C19H24N2O5S2/c1-16-4-2-3-5-17(16)10-11-20-27(22,23)18-6-8-19(9-7-18)28(24,25)21-12-14-26-15-13-21/h2-9,20H,10-15H2,1H3. The zero-order valence-corrected chi connectivity index (χ0v) is 17.3. The molecule has 7 nitrogen and oxygen atoms in total. The van der Waals surface area contributed by atoms with Crippen molar-refractivity contribution < 1.29 is 21.6 Å². The Morgan fingerprint density at radius 2 is 1.54 bits per heavy atom. The number of hydrogen-bond donors (Lipinski definition) is 1. The van der Waals surface area contributed by atoms with Gasteiger partial charge in [0.15, 0.2) is 0 Å². The van der Waals surface area contributed by atoms with E-state index in [2.05, 4.69) is 4.72 Å². The van der Waals surface area contributed by atoms with Gasteiger partial charge in [-0.1, -0.05) is 24.3 Å². The normalized spacial score (nSPS) is 16.2. The van der Waals surface area contributed by atoms with E-state index in [1.54, 1.807) is 0 Å². The van der Waals surface area contributed by atoms with E-state index in [1.807, 2.05) is 31.2 Å². The fourth-order valence-corrected chi connectivity index (χ4v) is 5.46. The minimum Gasteiger partial charge on any atom is -0.379 e. The van der Waals surface area contributed by atoms with Crippen LogP contribution in [0.5, 0.6) is 0 Å². The summed E-state index contributed by atoms with van der Waals surface area (Å²) in [5, 5.41) is 0. The van der Waals surface area contributed by atoms with Gasteiger partial charge in [0.25, 0.3) is 0 Å². The second-order valence-electron chi connectivity index (χ2n) is 6.56. The van der Waals surface area contributed by atoms with Crippen LogP contribution >= 0.6 is 0 Å². The van der Waals surface area contributed by atoms with Gasteiger partial charge < -0.3 is 4.74 Å². The van der Waals surface area contributed by atoms with Crippen molar-refractivity contribution in [3.05, 3.63) is 59.7 Å². The van der Waals surface area contributed by atoms with Gasteiger partial charge in [-0.15, -0.1) is 0 Å². The second-order valence-corrected chi connectivity index (χ2v) is 10.3. The topological polar surface area (TPSA) is 92.8 Å². The van der Waals surface area contributed by atoms with Crippen LogP contribution in [0.1, 0.15) is 11.1 Å². The molecule has 1 aliphatic rings. The van der Waals surface area contributed by atoms with E-state index in [0.29, 0.717) is 32.7 Å². The lowest BCUT2D eigenvalue weighted by Gasteiger charge is -2.26. The van der Waals surface area contributed by atoms with E-state index < -0.39 is 20.0 Å². The van der Waals surface area contributed by atoms with Crippen LogP contribution in [0, 0.1) is 6.92 Å². The highest BCUT2D eigenvalue weighted by Crippen LogP contribution is 2.19. The molecule has 0 aliphatic carbocycles. The lowest BCUT2D eigenvalue weighted by Crippen LogP contribution is -2.40. The van der Waals surface area contributed by atoms with Crippen molar-refractivity contribution in [1.82, 2.24) is 9.03 Å². The summed E-state index contributed by atoms with van der Waals surface area (Å²) in [4.78, 5) is 0.117. The maximum atomic E-state index is 12.6. The maximum absolute atomic E-state index is 12.6. The predicted molar refractivity (Wildman–Crippen MR) is 106 cm³/mol. The summed E-state index contributed by atoms with van der Waals surface area (Å²) in [5.41, 5.74) is 2.19. The smallest absolute Gasteiger partial charge is 0.243 e. The van der Waals surface area contributed by atoms with Crippen molar-refractivity contribution in [2.24, 2.45) is 0 Å². The van der Waals surface area contributed by atoms with Gasteiger partial charge in [0.1, 0.15) is 0 Å². The molecule has 9 heteroatoms. The van der Waals surface area contributed by atoms with Crippen molar-refractivity contribution >= 4 is 20.0 Å². The molecule has 0 saturated carbocycles. The zero-order valence-electron chi connectivity index (χ0n) is 15.7. The fraction of sp³-hybridized carbons (Fsp3) is 0.368. The summed E-state index contributed by atoms with van der Waals surface area (Å²) < 4.78 is 59.3. The molecular weight excluding hydrogens is 400 g/mol. The van der Waals surface area contributed by atoms with E-state index in [1.165, 1.54) is 28.6 Å². The van der Waals surface area contributed by atoms with Crippen LogP contribution in [-0.2, 0) is 31.2 Å².